The van der Waals surface area contributed by atoms with E-state index in [0.29, 0.717) is 18.1 Å². The molecule has 4 nitrogen and oxygen atoms in total. The van der Waals surface area contributed by atoms with Crippen LogP contribution in [0, 0.1) is 0 Å². The van der Waals surface area contributed by atoms with Gasteiger partial charge in [0, 0.05) is 32.6 Å². The lowest BCUT2D eigenvalue weighted by Crippen LogP contribution is -2.31. The smallest absolute Gasteiger partial charge is 0.194 e. The van der Waals surface area contributed by atoms with Crippen LogP contribution in [-0.4, -0.2) is 42.0 Å². The van der Waals surface area contributed by atoms with Gasteiger partial charge in [-0.15, -0.1) is 11.3 Å². The molecule has 35 heavy (non-hydrogen) atoms. The Hall–Kier alpha value is -2.37. The van der Waals surface area contributed by atoms with Crippen LogP contribution in [0.25, 0.3) is 10.1 Å². The predicted molar refractivity (Wildman–Crippen MR) is 144 cm³/mol. The van der Waals surface area contributed by atoms with Crippen LogP contribution >= 0.6 is 11.3 Å². The van der Waals surface area contributed by atoms with Crippen molar-refractivity contribution in [2.24, 2.45) is 0 Å². The number of piperidine rings is 1. The molecule has 0 amide bonds. The summed E-state index contributed by atoms with van der Waals surface area (Å²) in [5.74, 6) is 1.59. The van der Waals surface area contributed by atoms with Gasteiger partial charge in [0.25, 0.3) is 0 Å². The van der Waals surface area contributed by atoms with E-state index in [1.807, 2.05) is 30.3 Å². The molecule has 0 atom stereocenters. The Morgan fingerprint density at radius 1 is 0.943 bits per heavy atom. The molecular formula is C30H37NO3S. The number of likely N-dealkylation sites (tertiary alicyclic amines) is 1. The fraction of sp³-hybridized carbons (Fsp3) is 0.500. The Labute approximate surface area is 212 Å². The highest BCUT2D eigenvalue weighted by atomic mass is 32.1. The van der Waals surface area contributed by atoms with Crippen LogP contribution in [0.2, 0.25) is 0 Å². The van der Waals surface area contributed by atoms with E-state index in [1.165, 1.54) is 62.9 Å². The fourth-order valence-corrected chi connectivity index (χ4v) is 7.08. The Bertz CT molecular complexity index is 1120. The molecule has 1 aromatic heterocycles. The standard InChI is InChI=1S/C30H37NO3S/c32-24-13-16-26-27(21-24)35-30(23-9-4-1-2-5-10-23)28(26)29(33)22-11-14-25(15-12-22)34-20-8-19-31-17-6-3-7-18-31/h11-16,21,23,32H,1-10,17-20H2. The Morgan fingerprint density at radius 3 is 2.40 bits per heavy atom. The van der Waals surface area contributed by atoms with Crippen LogP contribution in [0.4, 0.5) is 0 Å². The normalized spacial score (nSPS) is 17.9. The maximum absolute atomic E-state index is 13.8. The van der Waals surface area contributed by atoms with Crippen molar-refractivity contribution in [2.75, 3.05) is 26.2 Å². The number of carbonyl (C=O) groups excluding carboxylic acids is 1. The van der Waals surface area contributed by atoms with Crippen molar-refractivity contribution in [1.29, 1.82) is 0 Å². The number of fused-ring (bicyclic) bond motifs is 1. The van der Waals surface area contributed by atoms with E-state index < -0.39 is 0 Å². The first-order valence-corrected chi connectivity index (χ1v) is 14.3. The van der Waals surface area contributed by atoms with Crippen LogP contribution in [0.5, 0.6) is 11.5 Å². The van der Waals surface area contributed by atoms with E-state index in [1.54, 1.807) is 23.5 Å². The first kappa shape index (κ1) is 24.3. The zero-order valence-corrected chi connectivity index (χ0v) is 21.5. The van der Waals surface area contributed by atoms with Crippen molar-refractivity contribution in [3.63, 3.8) is 0 Å². The summed E-state index contributed by atoms with van der Waals surface area (Å²) in [6.45, 7) is 4.24. The SMILES string of the molecule is O=C(c1ccc(OCCCN2CCCCC2)cc1)c1c(C2CCCCCC2)sc2cc(O)ccc12. The molecule has 0 radical (unpaired) electrons. The van der Waals surface area contributed by atoms with E-state index in [9.17, 15) is 9.90 Å². The van der Waals surface area contributed by atoms with Crippen LogP contribution in [0.3, 0.4) is 0 Å². The lowest BCUT2D eigenvalue weighted by atomic mass is 9.91. The number of thiophene rings is 1. The summed E-state index contributed by atoms with van der Waals surface area (Å²) in [4.78, 5) is 17.5. The third-order valence-electron chi connectivity index (χ3n) is 7.61. The lowest BCUT2D eigenvalue weighted by Gasteiger charge is -2.26. The van der Waals surface area contributed by atoms with Gasteiger partial charge in [-0.25, -0.2) is 0 Å². The molecule has 3 aromatic rings. The molecule has 186 valence electrons. The zero-order chi connectivity index (χ0) is 24.0. The summed E-state index contributed by atoms with van der Waals surface area (Å²) < 4.78 is 6.98. The maximum atomic E-state index is 13.8. The highest BCUT2D eigenvalue weighted by Crippen LogP contribution is 2.43. The molecule has 2 aliphatic rings. The number of hydrogen-bond acceptors (Lipinski definition) is 5. The molecule has 0 spiro atoms. The van der Waals surface area contributed by atoms with E-state index in [4.69, 9.17) is 4.74 Å². The molecule has 5 heteroatoms. The van der Waals surface area contributed by atoms with Gasteiger partial charge in [0.1, 0.15) is 11.5 Å². The van der Waals surface area contributed by atoms with Gasteiger partial charge >= 0.3 is 0 Å². The minimum Gasteiger partial charge on any atom is -0.508 e. The van der Waals surface area contributed by atoms with Crippen LogP contribution in [0.15, 0.2) is 42.5 Å². The van der Waals surface area contributed by atoms with E-state index in [2.05, 4.69) is 4.90 Å². The average molecular weight is 492 g/mol. The second-order valence-electron chi connectivity index (χ2n) is 10.2. The molecule has 1 aliphatic carbocycles. The summed E-state index contributed by atoms with van der Waals surface area (Å²) in [6.07, 6.45) is 12.3. The van der Waals surface area contributed by atoms with Gasteiger partial charge in [-0.1, -0.05) is 32.1 Å². The summed E-state index contributed by atoms with van der Waals surface area (Å²) in [6, 6.07) is 13.1. The number of aromatic hydroxyl groups is 1. The third-order valence-corrected chi connectivity index (χ3v) is 8.92. The Morgan fingerprint density at radius 2 is 1.66 bits per heavy atom. The number of ether oxygens (including phenoxy) is 1. The van der Waals surface area contributed by atoms with Crippen LogP contribution < -0.4 is 4.74 Å². The van der Waals surface area contributed by atoms with Crippen LogP contribution in [0.1, 0.15) is 90.9 Å². The van der Waals surface area contributed by atoms with Crippen molar-refractivity contribution < 1.29 is 14.6 Å². The molecule has 0 unspecified atom stereocenters. The van der Waals surface area contributed by atoms with Crippen molar-refractivity contribution in [3.8, 4) is 11.5 Å². The molecule has 5 rings (SSSR count). The lowest BCUT2D eigenvalue weighted by molar-refractivity contribution is 0.103. The second-order valence-corrected chi connectivity index (χ2v) is 11.3. The van der Waals surface area contributed by atoms with E-state index in [0.717, 1.165) is 47.2 Å². The molecule has 2 fully saturated rings. The maximum Gasteiger partial charge on any atom is 0.194 e. The zero-order valence-electron chi connectivity index (χ0n) is 20.6. The van der Waals surface area contributed by atoms with Gasteiger partial charge in [-0.2, -0.15) is 0 Å². The molecular weight excluding hydrogens is 454 g/mol. The number of phenolic OH excluding ortho intramolecular Hbond substituents is 1. The van der Waals surface area contributed by atoms with Gasteiger partial charge in [0.15, 0.2) is 5.78 Å². The Kier molecular flexibility index (Phi) is 8.05. The molecule has 1 saturated heterocycles. The number of nitrogens with zero attached hydrogens (tertiary/aromatic N) is 1. The molecule has 1 aliphatic heterocycles. The number of hydrogen-bond donors (Lipinski definition) is 1. The summed E-state index contributed by atoms with van der Waals surface area (Å²) in [5, 5.41) is 11.0. The van der Waals surface area contributed by atoms with Crippen molar-refractivity contribution in [2.45, 2.75) is 70.1 Å². The molecule has 2 heterocycles. The van der Waals surface area contributed by atoms with Gasteiger partial charge in [-0.3, -0.25) is 4.79 Å². The number of phenols is 1. The Balaban J connectivity index is 1.30. The first-order valence-electron chi connectivity index (χ1n) is 13.4. The fourth-order valence-electron chi connectivity index (χ4n) is 5.68. The average Bonchev–Trinajstić information content (AvgIpc) is 3.05. The van der Waals surface area contributed by atoms with Gasteiger partial charge in [-0.05, 0) is 93.6 Å². The van der Waals surface area contributed by atoms with Gasteiger partial charge in [0.2, 0.25) is 0 Å². The van der Waals surface area contributed by atoms with E-state index in [-0.39, 0.29) is 11.5 Å². The summed E-state index contributed by atoms with van der Waals surface area (Å²) >= 11 is 1.70. The molecule has 2 aromatic carbocycles. The highest BCUT2D eigenvalue weighted by molar-refractivity contribution is 7.19. The minimum atomic E-state index is 0.0813. The monoisotopic (exact) mass is 491 g/mol. The van der Waals surface area contributed by atoms with Crippen molar-refractivity contribution >= 4 is 27.2 Å². The summed E-state index contributed by atoms with van der Waals surface area (Å²) in [7, 11) is 0. The predicted octanol–water partition coefficient (Wildman–Crippen LogP) is 7.53. The van der Waals surface area contributed by atoms with Crippen LogP contribution in [-0.2, 0) is 0 Å². The van der Waals surface area contributed by atoms with Gasteiger partial charge < -0.3 is 14.7 Å². The number of ketones is 1. The molecule has 1 saturated carbocycles. The quantitative estimate of drug-likeness (QED) is 0.201. The minimum absolute atomic E-state index is 0.0813. The molecule has 1 N–H and O–H groups in total. The van der Waals surface area contributed by atoms with Gasteiger partial charge in [0.05, 0.1) is 6.61 Å². The molecule has 0 bridgehead atoms. The first-order chi connectivity index (χ1) is 17.2. The highest BCUT2D eigenvalue weighted by Gasteiger charge is 2.26. The van der Waals surface area contributed by atoms with Crippen molar-refractivity contribution in [3.05, 3.63) is 58.5 Å². The summed E-state index contributed by atoms with van der Waals surface area (Å²) in [5.41, 5.74) is 1.54. The number of rotatable bonds is 8. The number of carbonyl (C=O) groups is 1. The largest absolute Gasteiger partial charge is 0.508 e. The van der Waals surface area contributed by atoms with E-state index >= 15 is 0 Å². The van der Waals surface area contributed by atoms with Crippen molar-refractivity contribution in [1.82, 2.24) is 4.90 Å². The number of benzene rings is 2. The second kappa shape index (κ2) is 11.6. The topological polar surface area (TPSA) is 49.8 Å². The third kappa shape index (κ3) is 5.90.